The Hall–Kier alpha value is -1.94. The average Bonchev–Trinajstić information content (AvgIpc) is 2.41. The number of hydrogen-bond acceptors (Lipinski definition) is 3. The van der Waals surface area contributed by atoms with E-state index in [1.165, 1.54) is 6.07 Å². The summed E-state index contributed by atoms with van der Waals surface area (Å²) >= 11 is 0. The lowest BCUT2D eigenvalue weighted by Crippen LogP contribution is -2.24. The Morgan fingerprint density at radius 1 is 1.35 bits per heavy atom. The van der Waals surface area contributed by atoms with Crippen LogP contribution in [0.5, 0.6) is 0 Å². The molecular formula is C16H20FN3. The average molecular weight is 273 g/mol. The fourth-order valence-electron chi connectivity index (χ4n) is 2.41. The van der Waals surface area contributed by atoms with Crippen molar-refractivity contribution in [3.8, 4) is 0 Å². The van der Waals surface area contributed by atoms with Crippen LogP contribution < -0.4 is 11.1 Å². The molecule has 1 unspecified atom stereocenters. The van der Waals surface area contributed by atoms with Gasteiger partial charge in [0.05, 0.1) is 0 Å². The number of benzene rings is 1. The van der Waals surface area contributed by atoms with E-state index in [0.29, 0.717) is 5.82 Å². The van der Waals surface area contributed by atoms with Crippen molar-refractivity contribution in [2.75, 3.05) is 12.3 Å². The van der Waals surface area contributed by atoms with Crippen LogP contribution in [0, 0.1) is 12.7 Å². The molecule has 0 aliphatic carbocycles. The first-order valence-electron chi connectivity index (χ1n) is 6.80. The summed E-state index contributed by atoms with van der Waals surface area (Å²) in [7, 11) is 0. The van der Waals surface area contributed by atoms with Crippen LogP contribution in [-0.2, 0) is 6.42 Å². The van der Waals surface area contributed by atoms with E-state index >= 15 is 0 Å². The maximum atomic E-state index is 13.2. The lowest BCUT2D eigenvalue weighted by atomic mass is 9.95. The molecule has 1 aromatic heterocycles. The van der Waals surface area contributed by atoms with Gasteiger partial charge in [-0.2, -0.15) is 0 Å². The van der Waals surface area contributed by atoms with Crippen LogP contribution in [0.1, 0.15) is 29.7 Å². The molecule has 0 aliphatic rings. The molecule has 1 aromatic carbocycles. The van der Waals surface area contributed by atoms with Gasteiger partial charge in [-0.3, -0.25) is 0 Å². The summed E-state index contributed by atoms with van der Waals surface area (Å²) in [6, 6.07) is 8.86. The van der Waals surface area contributed by atoms with Crippen LogP contribution in [0.3, 0.4) is 0 Å². The fraction of sp³-hybridized carbons (Fsp3) is 0.312. The quantitative estimate of drug-likeness (QED) is 0.880. The second-order valence-electron chi connectivity index (χ2n) is 4.86. The summed E-state index contributed by atoms with van der Waals surface area (Å²) in [5.74, 6) is 0.345. The van der Waals surface area contributed by atoms with Crippen molar-refractivity contribution in [2.45, 2.75) is 26.3 Å². The van der Waals surface area contributed by atoms with Crippen molar-refractivity contribution in [2.24, 2.45) is 0 Å². The summed E-state index contributed by atoms with van der Waals surface area (Å²) in [5, 5.41) is 3.43. The van der Waals surface area contributed by atoms with E-state index in [-0.39, 0.29) is 11.9 Å². The molecule has 2 aromatic rings. The number of nitrogens with zero attached hydrogens (tertiary/aromatic N) is 1. The normalized spacial score (nSPS) is 12.3. The monoisotopic (exact) mass is 273 g/mol. The second-order valence-corrected chi connectivity index (χ2v) is 4.86. The molecule has 4 heteroatoms. The first-order valence-corrected chi connectivity index (χ1v) is 6.80. The molecular weight excluding hydrogens is 253 g/mol. The Bertz CT molecular complexity index is 584. The van der Waals surface area contributed by atoms with Gasteiger partial charge in [0.1, 0.15) is 11.6 Å². The fourth-order valence-corrected chi connectivity index (χ4v) is 2.41. The minimum Gasteiger partial charge on any atom is -0.383 e. The molecule has 0 aliphatic heterocycles. The van der Waals surface area contributed by atoms with Crippen LogP contribution in [0.15, 0.2) is 36.5 Å². The van der Waals surface area contributed by atoms with E-state index in [1.54, 1.807) is 12.3 Å². The van der Waals surface area contributed by atoms with Gasteiger partial charge in [0.25, 0.3) is 0 Å². The number of aryl methyl sites for hydroxylation is 1. The van der Waals surface area contributed by atoms with Gasteiger partial charge in [0.2, 0.25) is 0 Å². The maximum absolute atomic E-state index is 13.2. The van der Waals surface area contributed by atoms with Crippen LogP contribution in [0.4, 0.5) is 10.2 Å². The van der Waals surface area contributed by atoms with Crippen LogP contribution in [0.25, 0.3) is 0 Å². The second kappa shape index (κ2) is 6.48. The van der Waals surface area contributed by atoms with Crippen molar-refractivity contribution in [3.63, 3.8) is 0 Å². The number of hydrogen-bond donors (Lipinski definition) is 2. The number of anilines is 1. The first kappa shape index (κ1) is 14.5. The minimum atomic E-state index is -0.206. The van der Waals surface area contributed by atoms with Gasteiger partial charge in [-0.15, -0.1) is 0 Å². The zero-order chi connectivity index (χ0) is 14.5. The Balaban J connectivity index is 2.29. The molecule has 2 rings (SSSR count). The van der Waals surface area contributed by atoms with E-state index in [1.807, 2.05) is 25.1 Å². The maximum Gasteiger partial charge on any atom is 0.126 e. The third-order valence-corrected chi connectivity index (χ3v) is 3.41. The standard InChI is InChI=1S/C16H20FN3/c1-3-19-15(10-12-5-4-8-20-16(12)18)14-7-6-13(17)9-11(14)2/h4-9,15,19H,3,10H2,1-2H3,(H2,18,20). The molecule has 0 radical (unpaired) electrons. The van der Waals surface area contributed by atoms with Crippen molar-refractivity contribution in [1.29, 1.82) is 0 Å². The van der Waals surface area contributed by atoms with Crippen molar-refractivity contribution >= 4 is 5.82 Å². The molecule has 0 spiro atoms. The van der Waals surface area contributed by atoms with Gasteiger partial charge in [-0.25, -0.2) is 9.37 Å². The van der Waals surface area contributed by atoms with E-state index in [4.69, 9.17) is 5.73 Å². The summed E-state index contributed by atoms with van der Waals surface area (Å²) in [4.78, 5) is 4.11. The van der Waals surface area contributed by atoms with Gasteiger partial charge in [0, 0.05) is 12.2 Å². The van der Waals surface area contributed by atoms with Crippen LogP contribution in [0.2, 0.25) is 0 Å². The van der Waals surface area contributed by atoms with Gasteiger partial charge in [0.15, 0.2) is 0 Å². The first-order chi connectivity index (χ1) is 9.61. The van der Waals surface area contributed by atoms with E-state index < -0.39 is 0 Å². The van der Waals surface area contributed by atoms with Gasteiger partial charge < -0.3 is 11.1 Å². The molecule has 3 nitrogen and oxygen atoms in total. The van der Waals surface area contributed by atoms with Gasteiger partial charge in [-0.1, -0.05) is 19.1 Å². The zero-order valence-electron chi connectivity index (χ0n) is 11.9. The number of nitrogen functional groups attached to an aromatic ring is 1. The Morgan fingerprint density at radius 3 is 2.80 bits per heavy atom. The Kier molecular flexibility index (Phi) is 4.69. The predicted octanol–water partition coefficient (Wildman–Crippen LogP) is 3.00. The van der Waals surface area contributed by atoms with Crippen molar-refractivity contribution < 1.29 is 4.39 Å². The van der Waals surface area contributed by atoms with Crippen molar-refractivity contribution in [1.82, 2.24) is 10.3 Å². The molecule has 106 valence electrons. The highest BCUT2D eigenvalue weighted by molar-refractivity contribution is 5.40. The Labute approximate surface area is 119 Å². The molecule has 0 saturated carbocycles. The van der Waals surface area contributed by atoms with Gasteiger partial charge >= 0.3 is 0 Å². The third kappa shape index (κ3) is 3.33. The largest absolute Gasteiger partial charge is 0.383 e. The third-order valence-electron chi connectivity index (χ3n) is 3.41. The SMILES string of the molecule is CCNC(Cc1cccnc1N)c1ccc(F)cc1C. The van der Waals surface area contributed by atoms with E-state index in [9.17, 15) is 4.39 Å². The highest BCUT2D eigenvalue weighted by Crippen LogP contribution is 2.24. The number of pyridine rings is 1. The summed E-state index contributed by atoms with van der Waals surface area (Å²) in [5.41, 5.74) is 8.95. The lowest BCUT2D eigenvalue weighted by Gasteiger charge is -2.21. The van der Waals surface area contributed by atoms with Crippen molar-refractivity contribution in [3.05, 3.63) is 59.0 Å². The Morgan fingerprint density at radius 2 is 2.15 bits per heavy atom. The molecule has 0 bridgehead atoms. The number of halogens is 1. The van der Waals surface area contributed by atoms with Crippen LogP contribution in [-0.4, -0.2) is 11.5 Å². The minimum absolute atomic E-state index is 0.104. The lowest BCUT2D eigenvalue weighted by molar-refractivity contribution is 0.544. The molecule has 1 atom stereocenters. The van der Waals surface area contributed by atoms with Crippen LogP contribution >= 0.6 is 0 Å². The highest BCUT2D eigenvalue weighted by atomic mass is 19.1. The number of likely N-dealkylation sites (N-methyl/N-ethyl adjacent to an activating group) is 1. The molecule has 0 fully saturated rings. The summed E-state index contributed by atoms with van der Waals surface area (Å²) < 4.78 is 13.2. The summed E-state index contributed by atoms with van der Waals surface area (Å²) in [6.45, 7) is 4.81. The predicted molar refractivity (Wildman–Crippen MR) is 79.9 cm³/mol. The molecule has 3 N–H and O–H groups in total. The van der Waals surface area contributed by atoms with Gasteiger partial charge in [-0.05, 0) is 54.8 Å². The molecule has 20 heavy (non-hydrogen) atoms. The molecule has 0 amide bonds. The topological polar surface area (TPSA) is 50.9 Å². The summed E-state index contributed by atoms with van der Waals surface area (Å²) in [6.07, 6.45) is 2.42. The highest BCUT2D eigenvalue weighted by Gasteiger charge is 2.15. The number of aromatic nitrogens is 1. The smallest absolute Gasteiger partial charge is 0.126 e. The molecule has 1 heterocycles. The number of nitrogens with one attached hydrogen (secondary N) is 1. The number of nitrogens with two attached hydrogens (primary N) is 1. The molecule has 0 saturated heterocycles. The van der Waals surface area contributed by atoms with E-state index in [0.717, 1.165) is 29.7 Å². The number of rotatable bonds is 5. The zero-order valence-corrected chi connectivity index (χ0v) is 11.9. The van der Waals surface area contributed by atoms with E-state index in [2.05, 4.69) is 17.2 Å².